The van der Waals surface area contributed by atoms with Crippen molar-refractivity contribution in [2.75, 3.05) is 5.75 Å². The Morgan fingerprint density at radius 3 is 2.22 bits per heavy atom. The molecule has 36 heavy (non-hydrogen) atoms. The Hall–Kier alpha value is -3.09. The number of aliphatic hydroxyl groups excluding tert-OH is 1. The normalized spacial score (nSPS) is 15.5. The summed E-state index contributed by atoms with van der Waals surface area (Å²) >= 11 is 4.02. The summed E-state index contributed by atoms with van der Waals surface area (Å²) in [5.74, 6) is -3.38. The van der Waals surface area contributed by atoms with Crippen molar-refractivity contribution in [3.8, 4) is 0 Å². The van der Waals surface area contributed by atoms with E-state index in [2.05, 4.69) is 33.6 Å². The third kappa shape index (κ3) is 7.97. The molecule has 0 aliphatic heterocycles. The van der Waals surface area contributed by atoms with Crippen LogP contribution in [-0.2, 0) is 25.6 Å². The molecule has 0 saturated heterocycles. The van der Waals surface area contributed by atoms with E-state index in [4.69, 9.17) is 5.73 Å². The molecule has 11 nitrogen and oxygen atoms in total. The number of aromatic amines is 1. The second kappa shape index (κ2) is 13.3. The van der Waals surface area contributed by atoms with E-state index in [1.165, 1.54) is 6.92 Å². The van der Waals surface area contributed by atoms with Crippen LogP contribution < -0.4 is 21.7 Å². The molecule has 198 valence electrons. The summed E-state index contributed by atoms with van der Waals surface area (Å²) in [5, 5.41) is 27.9. The van der Waals surface area contributed by atoms with Gasteiger partial charge in [-0.2, -0.15) is 12.6 Å². The lowest BCUT2D eigenvalue weighted by Gasteiger charge is -2.26. The summed E-state index contributed by atoms with van der Waals surface area (Å²) in [4.78, 5) is 53.3. The lowest BCUT2D eigenvalue weighted by atomic mass is 10.0. The average Bonchev–Trinajstić information content (AvgIpc) is 3.22. The van der Waals surface area contributed by atoms with Gasteiger partial charge >= 0.3 is 5.97 Å². The highest BCUT2D eigenvalue weighted by atomic mass is 32.1. The van der Waals surface area contributed by atoms with Gasteiger partial charge in [-0.25, -0.2) is 4.79 Å². The van der Waals surface area contributed by atoms with Crippen LogP contribution in [0.5, 0.6) is 0 Å². The van der Waals surface area contributed by atoms with Crippen LogP contribution in [0.4, 0.5) is 0 Å². The van der Waals surface area contributed by atoms with Gasteiger partial charge in [0.05, 0.1) is 12.1 Å². The molecule has 0 aliphatic carbocycles. The SMILES string of the molecule is CC(C)CC(NC(=O)C(NC(=O)C(Cc1c[nH]c2ccccc12)NC(=O)C(N)CS)C(C)O)C(=O)O. The Labute approximate surface area is 215 Å². The summed E-state index contributed by atoms with van der Waals surface area (Å²) in [6, 6.07) is 2.69. The van der Waals surface area contributed by atoms with Crippen molar-refractivity contribution in [1.82, 2.24) is 20.9 Å². The largest absolute Gasteiger partial charge is 0.480 e. The van der Waals surface area contributed by atoms with Gasteiger partial charge in [0.1, 0.15) is 18.1 Å². The Morgan fingerprint density at radius 1 is 1.00 bits per heavy atom. The molecule has 0 fully saturated rings. The average molecular weight is 522 g/mol. The van der Waals surface area contributed by atoms with E-state index in [1.807, 2.05) is 38.1 Å². The zero-order chi connectivity index (χ0) is 27.0. The molecule has 5 unspecified atom stereocenters. The minimum atomic E-state index is -1.45. The Bertz CT molecular complexity index is 1070. The van der Waals surface area contributed by atoms with E-state index in [-0.39, 0.29) is 24.5 Å². The van der Waals surface area contributed by atoms with Crippen LogP contribution in [0, 0.1) is 5.92 Å². The minimum Gasteiger partial charge on any atom is -0.480 e. The lowest BCUT2D eigenvalue weighted by Crippen LogP contribution is -2.60. The van der Waals surface area contributed by atoms with Crippen molar-refractivity contribution in [2.45, 2.75) is 63.9 Å². The fourth-order valence-corrected chi connectivity index (χ4v) is 3.87. The van der Waals surface area contributed by atoms with Gasteiger partial charge in [-0.3, -0.25) is 14.4 Å². The monoisotopic (exact) mass is 521 g/mol. The second-order valence-electron chi connectivity index (χ2n) is 9.17. The van der Waals surface area contributed by atoms with Crippen molar-refractivity contribution in [3.05, 3.63) is 36.0 Å². The van der Waals surface area contributed by atoms with Gasteiger partial charge < -0.3 is 36.9 Å². The van der Waals surface area contributed by atoms with Crippen molar-refractivity contribution in [2.24, 2.45) is 11.7 Å². The van der Waals surface area contributed by atoms with E-state index < -0.39 is 54.0 Å². The van der Waals surface area contributed by atoms with Gasteiger partial charge in [0, 0.05) is 29.3 Å². The number of H-pyrrole nitrogens is 1. The number of carbonyl (C=O) groups excluding carboxylic acids is 3. The number of rotatable bonds is 13. The van der Waals surface area contributed by atoms with Crippen molar-refractivity contribution >= 4 is 47.2 Å². The summed E-state index contributed by atoms with van der Waals surface area (Å²) in [5.41, 5.74) is 7.35. The molecule has 0 aliphatic rings. The molecular weight excluding hydrogens is 486 g/mol. The molecule has 1 aromatic carbocycles. The van der Waals surface area contributed by atoms with E-state index in [0.29, 0.717) is 0 Å². The van der Waals surface area contributed by atoms with Crippen molar-refractivity contribution in [1.29, 1.82) is 0 Å². The van der Waals surface area contributed by atoms with Crippen LogP contribution in [0.3, 0.4) is 0 Å². The number of aromatic nitrogens is 1. The first-order valence-electron chi connectivity index (χ1n) is 11.7. The molecule has 12 heteroatoms. The fourth-order valence-electron chi connectivity index (χ4n) is 3.70. The molecule has 0 bridgehead atoms. The fraction of sp³-hybridized carbons (Fsp3) is 0.500. The zero-order valence-electron chi connectivity index (χ0n) is 20.5. The van der Waals surface area contributed by atoms with E-state index in [9.17, 15) is 29.4 Å². The number of carboxylic acids is 1. The highest BCUT2D eigenvalue weighted by Gasteiger charge is 2.33. The molecule has 1 heterocycles. The molecule has 5 atom stereocenters. The number of para-hydroxylation sites is 1. The van der Waals surface area contributed by atoms with Crippen molar-refractivity contribution in [3.63, 3.8) is 0 Å². The maximum Gasteiger partial charge on any atom is 0.326 e. The number of fused-ring (bicyclic) bond motifs is 1. The van der Waals surface area contributed by atoms with Gasteiger partial charge in [-0.05, 0) is 30.9 Å². The number of hydrogen-bond donors (Lipinski definition) is 8. The number of amides is 3. The predicted molar refractivity (Wildman–Crippen MR) is 138 cm³/mol. The number of thiol groups is 1. The summed E-state index contributed by atoms with van der Waals surface area (Å²) in [7, 11) is 0. The zero-order valence-corrected chi connectivity index (χ0v) is 21.4. The highest BCUT2D eigenvalue weighted by molar-refractivity contribution is 7.80. The van der Waals surface area contributed by atoms with Crippen LogP contribution in [0.1, 0.15) is 32.8 Å². The standard InChI is InChI=1S/C24H35N5O6S/c1-12(2)8-19(24(34)35)28-23(33)20(13(3)30)29-22(32)18(27-21(31)16(25)11-36)9-14-10-26-17-7-5-4-6-15(14)17/h4-7,10,12-13,16,18-20,26,30,36H,8-9,11,25H2,1-3H3,(H,27,31)(H,28,33)(H,29,32)(H,34,35). The van der Waals surface area contributed by atoms with Crippen LogP contribution in [0.15, 0.2) is 30.5 Å². The Balaban J connectivity index is 2.26. The molecule has 2 aromatic rings. The van der Waals surface area contributed by atoms with Gasteiger partial charge in [-0.1, -0.05) is 32.0 Å². The molecule has 8 N–H and O–H groups in total. The first kappa shape index (κ1) is 29.1. The van der Waals surface area contributed by atoms with Gasteiger partial charge in [0.15, 0.2) is 0 Å². The first-order valence-corrected chi connectivity index (χ1v) is 12.3. The van der Waals surface area contributed by atoms with Crippen LogP contribution in [0.2, 0.25) is 0 Å². The number of carbonyl (C=O) groups is 4. The van der Waals surface area contributed by atoms with E-state index >= 15 is 0 Å². The molecule has 3 amide bonds. The molecule has 1 aromatic heterocycles. The van der Waals surface area contributed by atoms with Gasteiger partial charge in [0.25, 0.3) is 0 Å². The molecule has 2 rings (SSSR count). The lowest BCUT2D eigenvalue weighted by molar-refractivity contribution is -0.143. The third-order valence-corrected chi connectivity index (χ3v) is 6.04. The van der Waals surface area contributed by atoms with Crippen LogP contribution >= 0.6 is 12.6 Å². The van der Waals surface area contributed by atoms with E-state index in [0.717, 1.165) is 16.5 Å². The first-order chi connectivity index (χ1) is 16.9. The number of benzene rings is 1. The topological polar surface area (TPSA) is 187 Å². The number of carboxylic acid groups (broad SMARTS) is 1. The third-order valence-electron chi connectivity index (χ3n) is 5.65. The summed E-state index contributed by atoms with van der Waals surface area (Å²) in [6.45, 7) is 4.92. The van der Waals surface area contributed by atoms with E-state index in [1.54, 1.807) is 6.20 Å². The van der Waals surface area contributed by atoms with Crippen molar-refractivity contribution < 1.29 is 29.4 Å². The summed E-state index contributed by atoms with van der Waals surface area (Å²) < 4.78 is 0. The maximum absolute atomic E-state index is 13.3. The number of nitrogens with two attached hydrogens (primary N) is 1. The molecule has 0 spiro atoms. The quantitative estimate of drug-likeness (QED) is 0.169. The van der Waals surface area contributed by atoms with Gasteiger partial charge in [0.2, 0.25) is 17.7 Å². The second-order valence-corrected chi connectivity index (χ2v) is 9.53. The number of hydrogen-bond acceptors (Lipinski definition) is 7. The maximum atomic E-state index is 13.3. The van der Waals surface area contributed by atoms with Crippen LogP contribution in [-0.4, -0.2) is 74.9 Å². The summed E-state index contributed by atoms with van der Waals surface area (Å²) in [6.07, 6.45) is 0.618. The minimum absolute atomic E-state index is 0.0159. The molecule has 0 radical (unpaired) electrons. The molecular formula is C24H35N5O6S. The van der Waals surface area contributed by atoms with Crippen LogP contribution in [0.25, 0.3) is 10.9 Å². The number of aliphatic hydroxyl groups is 1. The smallest absolute Gasteiger partial charge is 0.326 e. The number of nitrogens with one attached hydrogen (secondary N) is 4. The Morgan fingerprint density at radius 2 is 1.64 bits per heavy atom. The number of aliphatic carboxylic acids is 1. The molecule has 0 saturated carbocycles. The predicted octanol–water partition coefficient (Wildman–Crippen LogP) is -0.0666. The highest BCUT2D eigenvalue weighted by Crippen LogP contribution is 2.19. The van der Waals surface area contributed by atoms with Gasteiger partial charge in [-0.15, -0.1) is 0 Å². The Kier molecular flexibility index (Phi) is 10.8.